The number of fused-ring (bicyclic) bond motifs is 2. The molecule has 0 aliphatic heterocycles. The van der Waals surface area contributed by atoms with Crippen LogP contribution in [0.25, 0.3) is 21.8 Å². The lowest BCUT2D eigenvalue weighted by atomic mass is 10.2. The molecular formula is C21H20FN3O3. The van der Waals surface area contributed by atoms with Gasteiger partial charge in [-0.15, -0.1) is 0 Å². The molecule has 0 radical (unpaired) electrons. The van der Waals surface area contributed by atoms with E-state index in [0.717, 1.165) is 16.3 Å². The van der Waals surface area contributed by atoms with Gasteiger partial charge in [-0.25, -0.2) is 4.39 Å². The van der Waals surface area contributed by atoms with E-state index in [1.54, 1.807) is 38.5 Å². The van der Waals surface area contributed by atoms with E-state index >= 15 is 0 Å². The lowest BCUT2D eigenvalue weighted by Gasteiger charge is -2.07. The number of hydrogen-bond acceptors (Lipinski definition) is 3. The molecular weight excluding hydrogens is 361 g/mol. The Morgan fingerprint density at radius 1 is 1.11 bits per heavy atom. The number of methoxy groups -OCH3 is 2. The first kappa shape index (κ1) is 17.9. The second-order valence-corrected chi connectivity index (χ2v) is 6.41. The van der Waals surface area contributed by atoms with Crippen LogP contribution >= 0.6 is 0 Å². The molecule has 0 saturated heterocycles. The highest BCUT2D eigenvalue weighted by Crippen LogP contribution is 2.33. The molecule has 2 N–H and O–H groups in total. The summed E-state index contributed by atoms with van der Waals surface area (Å²) < 4.78 is 26.1. The maximum atomic E-state index is 13.5. The van der Waals surface area contributed by atoms with Gasteiger partial charge in [-0.3, -0.25) is 4.79 Å². The number of hydrogen-bond donors (Lipinski definition) is 2. The zero-order chi connectivity index (χ0) is 19.7. The number of carbonyl (C=O) groups is 1. The largest absolute Gasteiger partial charge is 0.496 e. The van der Waals surface area contributed by atoms with Gasteiger partial charge in [-0.2, -0.15) is 0 Å². The minimum Gasteiger partial charge on any atom is -0.496 e. The van der Waals surface area contributed by atoms with Crippen LogP contribution in [0.5, 0.6) is 11.5 Å². The molecule has 7 heteroatoms. The number of H-pyrrole nitrogens is 1. The number of halogens is 1. The highest BCUT2D eigenvalue weighted by atomic mass is 19.1. The Bertz CT molecular complexity index is 1120. The first-order valence-electron chi connectivity index (χ1n) is 8.87. The standard InChI is InChI=1S/C21H20FN3O3/c1-27-18-5-6-19(28-2)20-15(18)12-16(24-20)21(26)23-8-10-25-9-7-13-3-4-14(22)11-17(13)25/h3-7,9,11-12,24H,8,10H2,1-2H3,(H,23,26). The fourth-order valence-corrected chi connectivity index (χ4v) is 3.38. The molecule has 2 aromatic heterocycles. The Hall–Kier alpha value is -3.48. The Kier molecular flexibility index (Phi) is 4.65. The SMILES string of the molecule is COc1ccc(OC)c2[nH]c(C(=O)NCCn3ccc4ccc(F)cc43)cc12. The number of ether oxygens (including phenoxy) is 2. The van der Waals surface area contributed by atoms with Gasteiger partial charge in [0.25, 0.3) is 5.91 Å². The molecule has 2 heterocycles. The number of benzene rings is 2. The number of rotatable bonds is 6. The second kappa shape index (κ2) is 7.26. The molecule has 4 rings (SSSR count). The molecule has 0 spiro atoms. The third-order valence-electron chi connectivity index (χ3n) is 4.77. The molecule has 0 atom stereocenters. The molecule has 0 fully saturated rings. The van der Waals surface area contributed by atoms with Crippen LogP contribution in [-0.2, 0) is 6.54 Å². The number of aromatic amines is 1. The molecule has 4 aromatic rings. The summed E-state index contributed by atoms with van der Waals surface area (Å²) in [6.07, 6.45) is 1.88. The molecule has 2 aromatic carbocycles. The van der Waals surface area contributed by atoms with Crippen molar-refractivity contribution in [1.82, 2.24) is 14.9 Å². The van der Waals surface area contributed by atoms with E-state index in [-0.39, 0.29) is 11.7 Å². The van der Waals surface area contributed by atoms with Crippen molar-refractivity contribution in [3.63, 3.8) is 0 Å². The molecule has 0 aliphatic carbocycles. The highest BCUT2D eigenvalue weighted by molar-refractivity contribution is 6.01. The molecule has 0 unspecified atom stereocenters. The van der Waals surface area contributed by atoms with E-state index in [1.807, 2.05) is 16.8 Å². The fraction of sp³-hybridized carbons (Fsp3) is 0.190. The minimum absolute atomic E-state index is 0.233. The summed E-state index contributed by atoms with van der Waals surface area (Å²) in [5.74, 6) is 0.781. The first-order chi connectivity index (χ1) is 13.6. The fourth-order valence-electron chi connectivity index (χ4n) is 3.38. The normalized spacial score (nSPS) is 11.1. The van der Waals surface area contributed by atoms with Crippen molar-refractivity contribution in [2.75, 3.05) is 20.8 Å². The Morgan fingerprint density at radius 3 is 2.68 bits per heavy atom. The summed E-state index contributed by atoms with van der Waals surface area (Å²) in [4.78, 5) is 15.7. The average Bonchev–Trinajstić information content (AvgIpc) is 3.32. The van der Waals surface area contributed by atoms with E-state index in [9.17, 15) is 9.18 Å². The van der Waals surface area contributed by atoms with Crippen LogP contribution in [0, 0.1) is 5.82 Å². The number of aromatic nitrogens is 2. The number of nitrogens with one attached hydrogen (secondary N) is 2. The van der Waals surface area contributed by atoms with E-state index in [0.29, 0.717) is 35.8 Å². The smallest absolute Gasteiger partial charge is 0.267 e. The van der Waals surface area contributed by atoms with Crippen LogP contribution in [-0.4, -0.2) is 36.2 Å². The second-order valence-electron chi connectivity index (χ2n) is 6.41. The number of amides is 1. The van der Waals surface area contributed by atoms with Crippen molar-refractivity contribution in [1.29, 1.82) is 0 Å². The Balaban J connectivity index is 1.50. The van der Waals surface area contributed by atoms with Gasteiger partial charge in [0.1, 0.15) is 23.0 Å². The van der Waals surface area contributed by atoms with Gasteiger partial charge in [-0.1, -0.05) is 0 Å². The quantitative estimate of drug-likeness (QED) is 0.535. The lowest BCUT2D eigenvalue weighted by Crippen LogP contribution is -2.27. The van der Waals surface area contributed by atoms with Crippen molar-refractivity contribution in [3.8, 4) is 11.5 Å². The monoisotopic (exact) mass is 381 g/mol. The van der Waals surface area contributed by atoms with Crippen molar-refractivity contribution >= 4 is 27.7 Å². The average molecular weight is 381 g/mol. The molecule has 144 valence electrons. The third-order valence-corrected chi connectivity index (χ3v) is 4.77. The van der Waals surface area contributed by atoms with Crippen LogP contribution in [0.3, 0.4) is 0 Å². The summed E-state index contributed by atoms with van der Waals surface area (Å²) in [6, 6.07) is 11.9. The zero-order valence-corrected chi connectivity index (χ0v) is 15.6. The molecule has 1 amide bonds. The van der Waals surface area contributed by atoms with Crippen molar-refractivity contribution in [3.05, 3.63) is 60.2 Å². The van der Waals surface area contributed by atoms with Crippen molar-refractivity contribution in [2.24, 2.45) is 0 Å². The number of nitrogens with zero attached hydrogens (tertiary/aromatic N) is 1. The number of carbonyl (C=O) groups excluding carboxylic acids is 1. The van der Waals surface area contributed by atoms with Crippen LogP contribution in [0.4, 0.5) is 4.39 Å². The Morgan fingerprint density at radius 2 is 1.89 bits per heavy atom. The lowest BCUT2D eigenvalue weighted by molar-refractivity contribution is 0.0948. The predicted molar refractivity (Wildman–Crippen MR) is 106 cm³/mol. The molecule has 28 heavy (non-hydrogen) atoms. The van der Waals surface area contributed by atoms with Gasteiger partial charge < -0.3 is 24.3 Å². The molecule has 0 aliphatic rings. The summed E-state index contributed by atoms with van der Waals surface area (Å²) in [7, 11) is 3.16. The molecule has 6 nitrogen and oxygen atoms in total. The van der Waals surface area contributed by atoms with Gasteiger partial charge in [0.05, 0.1) is 25.3 Å². The third kappa shape index (κ3) is 3.15. The van der Waals surface area contributed by atoms with Crippen molar-refractivity contribution < 1.29 is 18.7 Å². The maximum absolute atomic E-state index is 13.5. The van der Waals surface area contributed by atoms with Crippen LogP contribution in [0.2, 0.25) is 0 Å². The minimum atomic E-state index is -0.280. The van der Waals surface area contributed by atoms with Gasteiger partial charge in [-0.05, 0) is 47.9 Å². The van der Waals surface area contributed by atoms with E-state index in [2.05, 4.69) is 10.3 Å². The van der Waals surface area contributed by atoms with Gasteiger partial charge >= 0.3 is 0 Å². The molecule has 0 saturated carbocycles. The first-order valence-corrected chi connectivity index (χ1v) is 8.87. The van der Waals surface area contributed by atoms with Gasteiger partial charge in [0.2, 0.25) is 0 Å². The van der Waals surface area contributed by atoms with Crippen LogP contribution in [0.15, 0.2) is 48.7 Å². The highest BCUT2D eigenvalue weighted by Gasteiger charge is 2.15. The van der Waals surface area contributed by atoms with E-state index in [1.165, 1.54) is 12.1 Å². The zero-order valence-electron chi connectivity index (χ0n) is 15.6. The van der Waals surface area contributed by atoms with Crippen LogP contribution in [0.1, 0.15) is 10.5 Å². The molecule has 0 bridgehead atoms. The van der Waals surface area contributed by atoms with E-state index < -0.39 is 0 Å². The topological polar surface area (TPSA) is 68.3 Å². The summed E-state index contributed by atoms with van der Waals surface area (Å²) >= 11 is 0. The Labute approximate surface area is 160 Å². The van der Waals surface area contributed by atoms with Crippen LogP contribution < -0.4 is 14.8 Å². The maximum Gasteiger partial charge on any atom is 0.267 e. The summed E-state index contributed by atoms with van der Waals surface area (Å²) in [5, 5.41) is 4.62. The van der Waals surface area contributed by atoms with Crippen molar-refractivity contribution in [2.45, 2.75) is 6.54 Å². The van der Waals surface area contributed by atoms with E-state index in [4.69, 9.17) is 9.47 Å². The summed E-state index contributed by atoms with van der Waals surface area (Å²) in [6.45, 7) is 0.939. The van der Waals surface area contributed by atoms with Gasteiger partial charge in [0.15, 0.2) is 0 Å². The van der Waals surface area contributed by atoms with Gasteiger partial charge in [0, 0.05) is 24.7 Å². The summed E-state index contributed by atoms with van der Waals surface area (Å²) in [5.41, 5.74) is 1.93. The predicted octanol–water partition coefficient (Wildman–Crippen LogP) is 3.71.